The Morgan fingerprint density at radius 1 is 1.03 bits per heavy atom. The number of esters is 1. The molecule has 0 radical (unpaired) electrons. The summed E-state index contributed by atoms with van der Waals surface area (Å²) in [6.45, 7) is 3.69. The van der Waals surface area contributed by atoms with E-state index >= 15 is 0 Å². The van der Waals surface area contributed by atoms with Crippen LogP contribution in [0.15, 0.2) is 42.5 Å². The maximum absolute atomic E-state index is 13.2. The lowest BCUT2D eigenvalue weighted by atomic mass is 9.97. The van der Waals surface area contributed by atoms with Gasteiger partial charge in [0.15, 0.2) is 6.61 Å². The summed E-state index contributed by atoms with van der Waals surface area (Å²) in [5.41, 5.74) is 6.19. The molecule has 1 aromatic heterocycles. The Hall–Kier alpha value is -3.21. The molecule has 0 bridgehead atoms. The first-order valence-electron chi connectivity index (χ1n) is 11.0. The average Bonchev–Trinajstić information content (AvgIpc) is 3.02. The lowest BCUT2D eigenvalue weighted by Crippen LogP contribution is -2.23. The molecule has 5 nitrogen and oxygen atoms in total. The van der Waals surface area contributed by atoms with Gasteiger partial charge in [0.1, 0.15) is 0 Å². The summed E-state index contributed by atoms with van der Waals surface area (Å²) < 4.78 is 5.51. The Balaban J connectivity index is 1.57. The van der Waals surface area contributed by atoms with Gasteiger partial charge in [-0.3, -0.25) is 9.78 Å². The Morgan fingerprint density at radius 2 is 1.84 bits per heavy atom. The third-order valence-corrected chi connectivity index (χ3v) is 5.96. The van der Waals surface area contributed by atoms with E-state index in [1.807, 2.05) is 56.3 Å². The zero-order valence-electron chi connectivity index (χ0n) is 18.2. The summed E-state index contributed by atoms with van der Waals surface area (Å²) in [6.07, 6.45) is 5.72. The fraction of sp³-hybridized carbons (Fsp3) is 0.346. The maximum atomic E-state index is 13.2. The predicted molar refractivity (Wildman–Crippen MR) is 122 cm³/mol. The molecule has 2 aromatic carbocycles. The van der Waals surface area contributed by atoms with E-state index < -0.39 is 5.97 Å². The van der Waals surface area contributed by atoms with E-state index in [1.54, 1.807) is 0 Å². The summed E-state index contributed by atoms with van der Waals surface area (Å²) in [5, 5.41) is 3.71. The highest BCUT2D eigenvalue weighted by Crippen LogP contribution is 2.29. The lowest BCUT2D eigenvalue weighted by Gasteiger charge is -2.16. The van der Waals surface area contributed by atoms with Crippen molar-refractivity contribution in [1.82, 2.24) is 4.98 Å². The number of amides is 1. The highest BCUT2D eigenvalue weighted by Gasteiger charge is 2.23. The monoisotopic (exact) mass is 416 g/mol. The van der Waals surface area contributed by atoms with Crippen LogP contribution in [0.1, 0.15) is 58.9 Å². The van der Waals surface area contributed by atoms with Gasteiger partial charge in [0.05, 0.1) is 11.1 Å². The standard InChI is InChI=1S/C26H28N2O3/c1-3-18-11-9-10-17(2)25(18)28-23(29)16-31-26(30)24-19-12-5-4-6-14-21(19)27-22-15-8-7-13-20(22)24/h7-11,13,15H,3-6,12,14,16H2,1-2H3,(H,28,29). The predicted octanol–water partition coefficient (Wildman–Crippen LogP) is 5.17. The zero-order valence-corrected chi connectivity index (χ0v) is 18.2. The molecule has 0 aliphatic heterocycles. The molecule has 1 aliphatic rings. The number of hydrogen-bond acceptors (Lipinski definition) is 4. The van der Waals surface area contributed by atoms with Gasteiger partial charge in [0.2, 0.25) is 0 Å². The van der Waals surface area contributed by atoms with Gasteiger partial charge in [-0.25, -0.2) is 4.79 Å². The van der Waals surface area contributed by atoms with Crippen molar-refractivity contribution in [3.8, 4) is 0 Å². The average molecular weight is 417 g/mol. The van der Waals surface area contributed by atoms with Crippen LogP contribution in [-0.4, -0.2) is 23.5 Å². The van der Waals surface area contributed by atoms with E-state index in [0.29, 0.717) is 5.56 Å². The van der Waals surface area contributed by atoms with Crippen LogP contribution in [0.5, 0.6) is 0 Å². The fourth-order valence-corrected chi connectivity index (χ4v) is 4.36. The Labute approximate surface area is 182 Å². The third kappa shape index (κ3) is 4.46. The van der Waals surface area contributed by atoms with Gasteiger partial charge >= 0.3 is 5.97 Å². The number of ether oxygens (including phenoxy) is 1. The first-order chi connectivity index (χ1) is 15.1. The lowest BCUT2D eigenvalue weighted by molar-refractivity contribution is -0.119. The van der Waals surface area contributed by atoms with Crippen molar-refractivity contribution in [2.45, 2.75) is 52.4 Å². The van der Waals surface area contributed by atoms with Gasteiger partial charge in [-0.15, -0.1) is 0 Å². The molecule has 0 saturated carbocycles. The van der Waals surface area contributed by atoms with Gasteiger partial charge in [-0.05, 0) is 61.8 Å². The first-order valence-corrected chi connectivity index (χ1v) is 11.0. The fourth-order valence-electron chi connectivity index (χ4n) is 4.36. The quantitative estimate of drug-likeness (QED) is 0.460. The number of benzene rings is 2. The van der Waals surface area contributed by atoms with E-state index in [1.165, 1.54) is 0 Å². The van der Waals surface area contributed by atoms with E-state index in [9.17, 15) is 9.59 Å². The minimum atomic E-state index is -0.451. The second kappa shape index (κ2) is 9.29. The summed E-state index contributed by atoms with van der Waals surface area (Å²) >= 11 is 0. The van der Waals surface area contributed by atoms with Crippen molar-refractivity contribution in [2.75, 3.05) is 11.9 Å². The summed E-state index contributed by atoms with van der Waals surface area (Å²) in [7, 11) is 0. The molecule has 0 fully saturated rings. The van der Waals surface area contributed by atoms with E-state index in [-0.39, 0.29) is 12.5 Å². The molecule has 0 saturated heterocycles. The van der Waals surface area contributed by atoms with Crippen LogP contribution in [0.2, 0.25) is 0 Å². The number of carbonyl (C=O) groups excluding carboxylic acids is 2. The van der Waals surface area contributed by atoms with Crippen LogP contribution in [0, 0.1) is 6.92 Å². The normalized spacial score (nSPS) is 13.4. The molecule has 1 N–H and O–H groups in total. The molecule has 5 heteroatoms. The van der Waals surface area contributed by atoms with Crippen molar-refractivity contribution >= 4 is 28.5 Å². The van der Waals surface area contributed by atoms with Crippen LogP contribution in [0.3, 0.4) is 0 Å². The number of nitrogens with one attached hydrogen (secondary N) is 1. The number of rotatable bonds is 5. The first kappa shape index (κ1) is 21.0. The third-order valence-electron chi connectivity index (χ3n) is 5.96. The van der Waals surface area contributed by atoms with Crippen LogP contribution in [0.25, 0.3) is 10.9 Å². The highest BCUT2D eigenvalue weighted by atomic mass is 16.5. The number of aromatic nitrogens is 1. The number of hydrogen-bond donors (Lipinski definition) is 1. The van der Waals surface area contributed by atoms with Gasteiger partial charge in [-0.2, -0.15) is 0 Å². The number of aryl methyl sites for hydroxylation is 3. The molecular formula is C26H28N2O3. The number of anilines is 1. The van der Waals surface area contributed by atoms with Gasteiger partial charge in [0.25, 0.3) is 5.91 Å². The molecule has 0 unspecified atom stereocenters. The van der Waals surface area contributed by atoms with Gasteiger partial charge in [-0.1, -0.05) is 49.7 Å². The number of fused-ring (bicyclic) bond motifs is 2. The molecule has 1 amide bonds. The number of nitrogens with zero attached hydrogens (tertiary/aromatic N) is 1. The largest absolute Gasteiger partial charge is 0.452 e. The van der Waals surface area contributed by atoms with E-state index in [4.69, 9.17) is 9.72 Å². The van der Waals surface area contributed by atoms with Crippen LogP contribution in [0.4, 0.5) is 5.69 Å². The molecule has 3 aromatic rings. The highest BCUT2D eigenvalue weighted by molar-refractivity contribution is 6.06. The molecule has 31 heavy (non-hydrogen) atoms. The second-order valence-electron chi connectivity index (χ2n) is 8.08. The number of para-hydroxylation sites is 2. The number of pyridine rings is 1. The molecule has 0 spiro atoms. The maximum Gasteiger partial charge on any atom is 0.339 e. The minimum absolute atomic E-state index is 0.318. The molecule has 4 rings (SSSR count). The van der Waals surface area contributed by atoms with Crippen molar-refractivity contribution in [1.29, 1.82) is 0 Å². The van der Waals surface area contributed by atoms with Crippen molar-refractivity contribution in [2.24, 2.45) is 0 Å². The molecule has 1 aliphatic carbocycles. The molecule has 160 valence electrons. The van der Waals surface area contributed by atoms with E-state index in [0.717, 1.165) is 77.5 Å². The Bertz CT molecular complexity index is 1140. The topological polar surface area (TPSA) is 68.3 Å². The Morgan fingerprint density at radius 3 is 2.68 bits per heavy atom. The molecule has 1 heterocycles. The second-order valence-corrected chi connectivity index (χ2v) is 8.08. The van der Waals surface area contributed by atoms with Crippen molar-refractivity contribution in [3.05, 3.63) is 70.4 Å². The summed E-state index contributed by atoms with van der Waals surface area (Å²) in [6, 6.07) is 13.6. The number of carbonyl (C=O) groups is 2. The molecule has 0 atom stereocenters. The SMILES string of the molecule is CCc1cccc(C)c1NC(=O)COC(=O)c1c2c(nc3ccccc13)CCCCC2. The van der Waals surface area contributed by atoms with Crippen molar-refractivity contribution < 1.29 is 14.3 Å². The van der Waals surface area contributed by atoms with Gasteiger partial charge < -0.3 is 10.1 Å². The summed E-state index contributed by atoms with van der Waals surface area (Å²) in [4.78, 5) is 30.5. The minimum Gasteiger partial charge on any atom is -0.452 e. The van der Waals surface area contributed by atoms with Crippen LogP contribution < -0.4 is 5.32 Å². The van der Waals surface area contributed by atoms with Crippen molar-refractivity contribution in [3.63, 3.8) is 0 Å². The van der Waals surface area contributed by atoms with E-state index in [2.05, 4.69) is 5.32 Å². The van der Waals surface area contributed by atoms with Crippen LogP contribution >= 0.6 is 0 Å². The smallest absolute Gasteiger partial charge is 0.339 e. The Kier molecular flexibility index (Phi) is 6.31. The summed E-state index contributed by atoms with van der Waals surface area (Å²) in [5.74, 6) is -0.783. The van der Waals surface area contributed by atoms with Crippen LogP contribution in [-0.2, 0) is 28.8 Å². The molecular weight excluding hydrogens is 388 g/mol. The zero-order chi connectivity index (χ0) is 21.8. The van der Waals surface area contributed by atoms with Gasteiger partial charge in [0, 0.05) is 16.8 Å².